The highest BCUT2D eigenvalue weighted by Crippen LogP contribution is 2.29. The molecule has 0 bridgehead atoms. The minimum Gasteiger partial charge on any atom is -0.350 e. The highest BCUT2D eigenvalue weighted by atomic mass is 35.5. The van der Waals surface area contributed by atoms with Gasteiger partial charge in [-0.15, -0.1) is 0 Å². The van der Waals surface area contributed by atoms with Crippen LogP contribution >= 0.6 is 11.6 Å². The lowest BCUT2D eigenvalue weighted by Gasteiger charge is -2.15. The van der Waals surface area contributed by atoms with Gasteiger partial charge >= 0.3 is 6.18 Å². The molecule has 0 aliphatic rings. The highest BCUT2D eigenvalue weighted by Gasteiger charge is 2.30. The van der Waals surface area contributed by atoms with Gasteiger partial charge in [0.25, 0.3) is 0 Å². The molecule has 1 N–H and O–H groups in total. The number of benzene rings is 2. The van der Waals surface area contributed by atoms with E-state index in [2.05, 4.69) is 15.3 Å². The molecule has 4 aromatic rings. The normalized spacial score (nSPS) is 12.6. The number of hydrogen-bond donors (Lipinski definition) is 1. The van der Waals surface area contributed by atoms with Gasteiger partial charge in [-0.1, -0.05) is 35.9 Å². The third kappa shape index (κ3) is 5.56. The van der Waals surface area contributed by atoms with Crippen molar-refractivity contribution in [2.45, 2.75) is 38.5 Å². The van der Waals surface area contributed by atoms with E-state index < -0.39 is 11.7 Å². The van der Waals surface area contributed by atoms with Crippen molar-refractivity contribution >= 4 is 28.7 Å². The molecule has 9 heteroatoms. The zero-order chi connectivity index (χ0) is 24.3. The number of imidazole rings is 1. The monoisotopic (exact) mass is 486 g/mol. The van der Waals surface area contributed by atoms with Crippen LogP contribution in [0.1, 0.15) is 41.9 Å². The number of hydrogen-bond acceptors (Lipinski definition) is 3. The maximum atomic E-state index is 12.9. The van der Waals surface area contributed by atoms with Gasteiger partial charge in [0.2, 0.25) is 5.91 Å². The molecule has 4 rings (SSSR count). The molecule has 2 aromatic heterocycles. The van der Waals surface area contributed by atoms with E-state index in [1.165, 1.54) is 12.1 Å². The second-order valence-corrected chi connectivity index (χ2v) is 8.43. The van der Waals surface area contributed by atoms with Gasteiger partial charge in [0.05, 0.1) is 18.2 Å². The summed E-state index contributed by atoms with van der Waals surface area (Å²) in [5, 5.41) is 3.60. The third-order valence-electron chi connectivity index (χ3n) is 5.53. The molecule has 2 heterocycles. The Morgan fingerprint density at radius 2 is 1.79 bits per heavy atom. The van der Waals surface area contributed by atoms with Crippen LogP contribution in [0, 0.1) is 0 Å². The van der Waals surface area contributed by atoms with Crippen LogP contribution in [0.5, 0.6) is 0 Å². The SMILES string of the molecule is CC(NC(=O)CCc1nc2cccnc2n1Cc1ccc(C(F)(F)F)cc1)c1ccc(Cl)cc1. The largest absolute Gasteiger partial charge is 0.416 e. The number of halogens is 4. The molecule has 0 spiro atoms. The zero-order valence-electron chi connectivity index (χ0n) is 18.3. The van der Waals surface area contributed by atoms with Crippen molar-refractivity contribution in [1.29, 1.82) is 0 Å². The van der Waals surface area contributed by atoms with Crippen LogP contribution in [0.15, 0.2) is 66.9 Å². The van der Waals surface area contributed by atoms with Gasteiger partial charge in [0.1, 0.15) is 11.3 Å². The summed E-state index contributed by atoms with van der Waals surface area (Å²) >= 11 is 5.92. The van der Waals surface area contributed by atoms with E-state index in [9.17, 15) is 18.0 Å². The van der Waals surface area contributed by atoms with Crippen molar-refractivity contribution in [2.75, 3.05) is 0 Å². The van der Waals surface area contributed by atoms with Crippen molar-refractivity contribution in [3.63, 3.8) is 0 Å². The Morgan fingerprint density at radius 1 is 1.09 bits per heavy atom. The van der Waals surface area contributed by atoms with Crippen LogP contribution in [0.2, 0.25) is 5.02 Å². The number of aromatic nitrogens is 3. The molecular weight excluding hydrogens is 465 g/mol. The molecule has 34 heavy (non-hydrogen) atoms. The summed E-state index contributed by atoms with van der Waals surface area (Å²) in [6.45, 7) is 2.19. The Bertz CT molecular complexity index is 1280. The third-order valence-corrected chi connectivity index (χ3v) is 5.78. The van der Waals surface area contributed by atoms with Crippen molar-refractivity contribution < 1.29 is 18.0 Å². The molecule has 2 aromatic carbocycles. The van der Waals surface area contributed by atoms with Crippen molar-refractivity contribution in [2.24, 2.45) is 0 Å². The lowest BCUT2D eigenvalue weighted by Crippen LogP contribution is -2.27. The predicted octanol–water partition coefficient (Wildman–Crippen LogP) is 5.96. The summed E-state index contributed by atoms with van der Waals surface area (Å²) in [4.78, 5) is 21.6. The predicted molar refractivity (Wildman–Crippen MR) is 124 cm³/mol. The lowest BCUT2D eigenvalue weighted by atomic mass is 10.1. The fourth-order valence-corrected chi connectivity index (χ4v) is 3.84. The first kappa shape index (κ1) is 23.8. The van der Waals surface area contributed by atoms with E-state index in [0.717, 1.165) is 17.7 Å². The molecule has 1 amide bonds. The number of aryl methyl sites for hydroxylation is 1. The molecule has 0 aliphatic heterocycles. The van der Waals surface area contributed by atoms with Gasteiger partial charge in [-0.3, -0.25) is 4.79 Å². The van der Waals surface area contributed by atoms with E-state index in [-0.39, 0.29) is 18.4 Å². The van der Waals surface area contributed by atoms with E-state index >= 15 is 0 Å². The second-order valence-electron chi connectivity index (χ2n) is 8.00. The van der Waals surface area contributed by atoms with Crippen molar-refractivity contribution in [1.82, 2.24) is 19.9 Å². The summed E-state index contributed by atoms with van der Waals surface area (Å²) in [5.41, 5.74) is 2.21. The average molecular weight is 487 g/mol. The first-order valence-corrected chi connectivity index (χ1v) is 11.1. The minimum atomic E-state index is -4.39. The molecule has 0 radical (unpaired) electrons. The van der Waals surface area contributed by atoms with Crippen molar-refractivity contribution in [3.05, 3.63) is 94.4 Å². The number of fused-ring (bicyclic) bond motifs is 1. The molecule has 0 aliphatic carbocycles. The Labute approximate surface area is 199 Å². The van der Waals surface area contributed by atoms with E-state index in [0.29, 0.717) is 40.5 Å². The summed E-state index contributed by atoms with van der Waals surface area (Å²) in [5.74, 6) is 0.506. The number of nitrogens with one attached hydrogen (secondary N) is 1. The average Bonchev–Trinajstić information content (AvgIpc) is 3.15. The number of carbonyl (C=O) groups is 1. The molecule has 176 valence electrons. The fourth-order valence-electron chi connectivity index (χ4n) is 3.72. The van der Waals surface area contributed by atoms with Gasteiger partial charge in [-0.2, -0.15) is 13.2 Å². The number of carbonyl (C=O) groups excluding carboxylic acids is 1. The van der Waals surface area contributed by atoms with E-state index in [1.54, 1.807) is 24.4 Å². The number of pyridine rings is 1. The van der Waals surface area contributed by atoms with Gasteiger partial charge in [-0.05, 0) is 54.4 Å². The zero-order valence-corrected chi connectivity index (χ0v) is 19.1. The second kappa shape index (κ2) is 9.85. The first-order valence-electron chi connectivity index (χ1n) is 10.7. The quantitative estimate of drug-likeness (QED) is 0.350. The van der Waals surface area contributed by atoms with Crippen LogP contribution in [0.25, 0.3) is 11.2 Å². The summed E-state index contributed by atoms with van der Waals surface area (Å²) in [7, 11) is 0. The summed E-state index contributed by atoms with van der Waals surface area (Å²) in [6, 6.07) is 15.7. The van der Waals surface area contributed by atoms with E-state index in [1.807, 2.05) is 29.7 Å². The van der Waals surface area contributed by atoms with Gasteiger partial charge in [0.15, 0.2) is 5.65 Å². The van der Waals surface area contributed by atoms with Crippen LogP contribution in [0.4, 0.5) is 13.2 Å². The highest BCUT2D eigenvalue weighted by molar-refractivity contribution is 6.30. The number of rotatable bonds is 7. The van der Waals surface area contributed by atoms with Gasteiger partial charge in [0, 0.05) is 24.1 Å². The fraction of sp³-hybridized carbons (Fsp3) is 0.240. The molecule has 1 unspecified atom stereocenters. The van der Waals surface area contributed by atoms with E-state index in [4.69, 9.17) is 11.6 Å². The molecule has 0 fully saturated rings. The van der Waals surface area contributed by atoms with Crippen molar-refractivity contribution in [3.8, 4) is 0 Å². The van der Waals surface area contributed by atoms with Crippen LogP contribution in [-0.2, 0) is 23.9 Å². The maximum Gasteiger partial charge on any atom is 0.416 e. The molecular formula is C25H22ClF3N4O. The number of amides is 1. The lowest BCUT2D eigenvalue weighted by molar-refractivity contribution is -0.137. The summed E-state index contributed by atoms with van der Waals surface area (Å²) < 4.78 is 40.5. The number of alkyl halides is 3. The smallest absolute Gasteiger partial charge is 0.350 e. The van der Waals surface area contributed by atoms with Crippen LogP contribution in [-0.4, -0.2) is 20.4 Å². The minimum absolute atomic E-state index is 0.136. The molecule has 0 saturated carbocycles. The number of nitrogens with zero attached hydrogens (tertiary/aromatic N) is 3. The van der Waals surface area contributed by atoms with Crippen LogP contribution < -0.4 is 5.32 Å². The molecule has 0 saturated heterocycles. The Balaban J connectivity index is 1.48. The van der Waals surface area contributed by atoms with Crippen LogP contribution in [0.3, 0.4) is 0 Å². The molecule has 1 atom stereocenters. The maximum absolute atomic E-state index is 12.9. The molecule has 5 nitrogen and oxygen atoms in total. The first-order chi connectivity index (χ1) is 16.2. The summed E-state index contributed by atoms with van der Waals surface area (Å²) in [6.07, 6.45) is -2.19. The van der Waals surface area contributed by atoms with Gasteiger partial charge in [-0.25, -0.2) is 9.97 Å². The van der Waals surface area contributed by atoms with Gasteiger partial charge < -0.3 is 9.88 Å². The Kier molecular flexibility index (Phi) is 6.88. The standard InChI is InChI=1S/C25H22ClF3N4O/c1-16(18-6-10-20(26)11-7-18)31-23(34)13-12-22-32-21-3-2-14-30-24(21)33(22)15-17-4-8-19(9-5-17)25(27,28)29/h2-11,14,16H,12-13,15H2,1H3,(H,31,34). The Morgan fingerprint density at radius 3 is 2.47 bits per heavy atom. The Hall–Kier alpha value is -3.39. The topological polar surface area (TPSA) is 59.8 Å².